The number of aryl methyl sites for hydroxylation is 1. The molecule has 3 atom stereocenters. The van der Waals surface area contributed by atoms with Gasteiger partial charge in [0.05, 0.1) is 0 Å². The minimum atomic E-state index is 0.584. The number of piperidine rings is 1. The first-order valence-corrected chi connectivity index (χ1v) is 6.34. The number of hydrogen-bond donors (Lipinski definition) is 1. The molecule has 2 aliphatic rings. The molecule has 0 amide bonds. The summed E-state index contributed by atoms with van der Waals surface area (Å²) in [5.41, 5.74) is 8.67. The maximum absolute atomic E-state index is 5.94. The Kier molecular flexibility index (Phi) is 2.40. The molecule has 0 aromatic heterocycles. The van der Waals surface area contributed by atoms with Gasteiger partial charge in [0.25, 0.3) is 0 Å². The highest BCUT2D eigenvalue weighted by atomic mass is 15.2. The van der Waals surface area contributed by atoms with Gasteiger partial charge in [-0.25, -0.2) is 0 Å². The fourth-order valence-corrected chi connectivity index (χ4v) is 3.59. The zero-order valence-corrected chi connectivity index (χ0v) is 9.89. The lowest BCUT2D eigenvalue weighted by atomic mass is 9.98. The monoisotopic (exact) mass is 216 g/mol. The summed E-state index contributed by atoms with van der Waals surface area (Å²) in [6.07, 6.45) is 4.10. The Bertz CT molecular complexity index is 388. The van der Waals surface area contributed by atoms with E-state index in [1.54, 1.807) is 0 Å². The number of nitrogens with two attached hydrogens (primary N) is 1. The Morgan fingerprint density at radius 2 is 2.25 bits per heavy atom. The van der Waals surface area contributed by atoms with Crippen molar-refractivity contribution in [1.29, 1.82) is 0 Å². The molecule has 2 heteroatoms. The molecule has 1 saturated carbocycles. The van der Waals surface area contributed by atoms with Gasteiger partial charge in [0.15, 0.2) is 0 Å². The molecule has 0 spiro atoms. The number of nitrogens with zero attached hydrogens (tertiary/aromatic N) is 1. The van der Waals surface area contributed by atoms with E-state index in [4.69, 9.17) is 5.73 Å². The Balaban J connectivity index is 1.94. The lowest BCUT2D eigenvalue weighted by Gasteiger charge is -2.36. The van der Waals surface area contributed by atoms with E-state index in [2.05, 4.69) is 36.1 Å². The van der Waals surface area contributed by atoms with E-state index in [1.807, 2.05) is 0 Å². The number of rotatable bonds is 2. The van der Waals surface area contributed by atoms with Crippen LogP contribution >= 0.6 is 0 Å². The standard InChI is InChI=1S/C14H20N2/c1-10-3-2-4-12(7-10)16-13-6-5-11(8-13)14(16)9-15/h2-4,7,11,13-14H,5-6,8-9,15H2,1H3. The van der Waals surface area contributed by atoms with Crippen molar-refractivity contribution in [3.05, 3.63) is 29.8 Å². The first-order chi connectivity index (χ1) is 7.79. The van der Waals surface area contributed by atoms with Crippen molar-refractivity contribution in [2.24, 2.45) is 11.7 Å². The van der Waals surface area contributed by atoms with Crippen LogP contribution in [-0.4, -0.2) is 18.6 Å². The van der Waals surface area contributed by atoms with Gasteiger partial charge in [-0.2, -0.15) is 0 Å². The SMILES string of the molecule is Cc1cccc(N2C3CCC(C3)C2CN)c1. The quantitative estimate of drug-likeness (QED) is 0.822. The Morgan fingerprint density at radius 3 is 3.00 bits per heavy atom. The summed E-state index contributed by atoms with van der Waals surface area (Å²) in [6, 6.07) is 10.2. The van der Waals surface area contributed by atoms with Crippen molar-refractivity contribution >= 4 is 5.69 Å². The Morgan fingerprint density at radius 1 is 1.38 bits per heavy atom. The van der Waals surface area contributed by atoms with Crippen LogP contribution in [0.2, 0.25) is 0 Å². The van der Waals surface area contributed by atoms with E-state index in [-0.39, 0.29) is 0 Å². The van der Waals surface area contributed by atoms with E-state index in [0.29, 0.717) is 6.04 Å². The third-order valence-corrected chi connectivity index (χ3v) is 4.28. The average Bonchev–Trinajstić information content (AvgIpc) is 2.88. The molecule has 1 aliphatic carbocycles. The van der Waals surface area contributed by atoms with E-state index < -0.39 is 0 Å². The summed E-state index contributed by atoms with van der Waals surface area (Å²) in [5, 5.41) is 0. The lowest BCUT2D eigenvalue weighted by Crippen LogP contribution is -2.45. The van der Waals surface area contributed by atoms with E-state index in [9.17, 15) is 0 Å². The molecule has 0 radical (unpaired) electrons. The third kappa shape index (κ3) is 1.44. The summed E-state index contributed by atoms with van der Waals surface area (Å²) in [6.45, 7) is 2.96. The molecule has 2 N–H and O–H groups in total. The molecule has 1 aromatic carbocycles. The van der Waals surface area contributed by atoms with Crippen LogP contribution in [-0.2, 0) is 0 Å². The molecule has 1 saturated heterocycles. The Hall–Kier alpha value is -1.02. The summed E-state index contributed by atoms with van der Waals surface area (Å²) >= 11 is 0. The summed E-state index contributed by atoms with van der Waals surface area (Å²) in [7, 11) is 0. The number of hydrogen-bond acceptors (Lipinski definition) is 2. The molecular weight excluding hydrogens is 196 g/mol. The van der Waals surface area contributed by atoms with Crippen LogP contribution in [0.5, 0.6) is 0 Å². The van der Waals surface area contributed by atoms with Crippen LogP contribution in [0, 0.1) is 12.8 Å². The maximum atomic E-state index is 5.94. The highest BCUT2D eigenvalue weighted by Gasteiger charge is 2.44. The molecule has 86 valence electrons. The number of benzene rings is 1. The van der Waals surface area contributed by atoms with Crippen LogP contribution in [0.3, 0.4) is 0 Å². The van der Waals surface area contributed by atoms with Crippen molar-refractivity contribution in [1.82, 2.24) is 0 Å². The Labute approximate surface area is 97.4 Å². The predicted molar refractivity (Wildman–Crippen MR) is 67.6 cm³/mol. The number of fused-ring (bicyclic) bond motifs is 2. The van der Waals surface area contributed by atoms with E-state index >= 15 is 0 Å². The normalized spacial score (nSPS) is 32.4. The van der Waals surface area contributed by atoms with Gasteiger partial charge in [-0.1, -0.05) is 12.1 Å². The molecule has 3 unspecified atom stereocenters. The molecular formula is C14H20N2. The zero-order valence-electron chi connectivity index (χ0n) is 9.89. The molecule has 1 aliphatic heterocycles. The molecule has 1 heterocycles. The van der Waals surface area contributed by atoms with Crippen molar-refractivity contribution in [3.63, 3.8) is 0 Å². The van der Waals surface area contributed by atoms with Crippen molar-refractivity contribution in [3.8, 4) is 0 Å². The van der Waals surface area contributed by atoms with Gasteiger partial charge in [-0.3, -0.25) is 0 Å². The van der Waals surface area contributed by atoms with E-state index in [1.165, 1.54) is 30.5 Å². The highest BCUT2D eigenvalue weighted by molar-refractivity contribution is 5.52. The fraction of sp³-hybridized carbons (Fsp3) is 0.571. The molecule has 2 nitrogen and oxygen atoms in total. The third-order valence-electron chi connectivity index (χ3n) is 4.28. The van der Waals surface area contributed by atoms with Gasteiger partial charge in [-0.05, 0) is 49.8 Å². The van der Waals surface area contributed by atoms with Crippen molar-refractivity contribution < 1.29 is 0 Å². The maximum Gasteiger partial charge on any atom is 0.0444 e. The second-order valence-electron chi connectivity index (χ2n) is 5.28. The van der Waals surface area contributed by atoms with Crippen LogP contribution in [0.15, 0.2) is 24.3 Å². The van der Waals surface area contributed by atoms with Gasteiger partial charge in [-0.15, -0.1) is 0 Å². The van der Waals surface area contributed by atoms with Crippen LogP contribution < -0.4 is 10.6 Å². The van der Waals surface area contributed by atoms with Crippen LogP contribution in [0.4, 0.5) is 5.69 Å². The van der Waals surface area contributed by atoms with Gasteiger partial charge >= 0.3 is 0 Å². The smallest absolute Gasteiger partial charge is 0.0444 e. The second-order valence-corrected chi connectivity index (χ2v) is 5.28. The summed E-state index contributed by atoms with van der Waals surface area (Å²) in [5.74, 6) is 0.843. The summed E-state index contributed by atoms with van der Waals surface area (Å²) in [4.78, 5) is 2.58. The zero-order chi connectivity index (χ0) is 11.1. The second kappa shape index (κ2) is 3.77. The van der Waals surface area contributed by atoms with E-state index in [0.717, 1.165) is 18.5 Å². The highest BCUT2D eigenvalue weighted by Crippen LogP contribution is 2.44. The molecule has 2 fully saturated rings. The van der Waals surface area contributed by atoms with Gasteiger partial charge in [0.2, 0.25) is 0 Å². The molecule has 16 heavy (non-hydrogen) atoms. The van der Waals surface area contributed by atoms with Gasteiger partial charge < -0.3 is 10.6 Å². The minimum Gasteiger partial charge on any atom is -0.364 e. The van der Waals surface area contributed by atoms with Crippen molar-refractivity contribution in [2.45, 2.75) is 38.3 Å². The topological polar surface area (TPSA) is 29.3 Å². The average molecular weight is 216 g/mol. The summed E-state index contributed by atoms with van der Waals surface area (Å²) < 4.78 is 0. The molecule has 2 bridgehead atoms. The van der Waals surface area contributed by atoms with Crippen LogP contribution in [0.25, 0.3) is 0 Å². The predicted octanol–water partition coefficient (Wildman–Crippen LogP) is 2.31. The minimum absolute atomic E-state index is 0.584. The van der Waals surface area contributed by atoms with Gasteiger partial charge in [0, 0.05) is 24.3 Å². The molecule has 3 rings (SSSR count). The van der Waals surface area contributed by atoms with Gasteiger partial charge in [0.1, 0.15) is 0 Å². The first kappa shape index (κ1) is 10.2. The molecule has 1 aromatic rings. The lowest BCUT2D eigenvalue weighted by molar-refractivity contribution is 0.435. The number of anilines is 1. The van der Waals surface area contributed by atoms with Crippen molar-refractivity contribution in [2.75, 3.05) is 11.4 Å². The first-order valence-electron chi connectivity index (χ1n) is 6.34. The van der Waals surface area contributed by atoms with Crippen LogP contribution in [0.1, 0.15) is 24.8 Å². The largest absolute Gasteiger partial charge is 0.364 e. The fourth-order valence-electron chi connectivity index (χ4n) is 3.59.